The molecular weight excluding hydrogens is 240 g/mol. The number of hydrogen-bond donors (Lipinski definition) is 0. The van der Waals surface area contributed by atoms with Gasteiger partial charge in [-0.25, -0.2) is 0 Å². The summed E-state index contributed by atoms with van der Waals surface area (Å²) in [6, 6.07) is 0. The van der Waals surface area contributed by atoms with Gasteiger partial charge in [0.1, 0.15) is 0 Å². The lowest BCUT2D eigenvalue weighted by molar-refractivity contribution is 0.109. The van der Waals surface area contributed by atoms with E-state index in [0.29, 0.717) is 5.92 Å². The van der Waals surface area contributed by atoms with E-state index in [1.54, 1.807) is 0 Å². The zero-order valence-corrected chi connectivity index (χ0v) is 10.4. The third-order valence-corrected chi connectivity index (χ3v) is 2.86. The molecule has 0 aromatic heterocycles. The van der Waals surface area contributed by atoms with Gasteiger partial charge >= 0.3 is 0 Å². The minimum Gasteiger partial charge on any atom is -0.381 e. The minimum atomic E-state index is 0.566. The molecule has 2 heteroatoms. The van der Waals surface area contributed by atoms with Gasteiger partial charge in [0.25, 0.3) is 0 Å². The second kappa shape index (κ2) is 7.24. The van der Waals surface area contributed by atoms with Gasteiger partial charge in [0.15, 0.2) is 0 Å². The van der Waals surface area contributed by atoms with Crippen LogP contribution in [-0.2, 0) is 4.74 Å². The van der Waals surface area contributed by atoms with Crippen LogP contribution in [0.3, 0.4) is 0 Å². The average Bonchev–Trinajstić information content (AvgIpc) is 2.18. The van der Waals surface area contributed by atoms with Crippen LogP contribution in [0.15, 0.2) is 22.7 Å². The van der Waals surface area contributed by atoms with Crippen LogP contribution in [0, 0.1) is 5.92 Å². The monoisotopic (exact) mass is 258 g/mol. The Morgan fingerprint density at radius 1 is 1.50 bits per heavy atom. The Balaban J connectivity index is 2.05. The van der Waals surface area contributed by atoms with E-state index in [9.17, 15) is 0 Å². The predicted molar refractivity (Wildman–Crippen MR) is 64.6 cm³/mol. The first kappa shape index (κ1) is 12.0. The zero-order chi connectivity index (χ0) is 10.2. The van der Waals surface area contributed by atoms with Crippen molar-refractivity contribution < 1.29 is 4.74 Å². The van der Waals surface area contributed by atoms with Crippen molar-refractivity contribution >= 4 is 15.9 Å². The maximum absolute atomic E-state index is 5.62. The highest BCUT2D eigenvalue weighted by atomic mass is 79.9. The highest BCUT2D eigenvalue weighted by Gasteiger charge is 2.07. The van der Waals surface area contributed by atoms with Gasteiger partial charge in [0.05, 0.1) is 6.61 Å². The van der Waals surface area contributed by atoms with E-state index in [1.807, 2.05) is 0 Å². The predicted octanol–water partition coefficient (Wildman–Crippen LogP) is 4.05. The quantitative estimate of drug-likeness (QED) is 0.654. The van der Waals surface area contributed by atoms with E-state index in [4.69, 9.17) is 4.74 Å². The van der Waals surface area contributed by atoms with Gasteiger partial charge in [-0.1, -0.05) is 53.9 Å². The fraction of sp³-hybridized carbons (Fsp3) is 0.667. The van der Waals surface area contributed by atoms with Crippen molar-refractivity contribution in [3.05, 3.63) is 22.7 Å². The molecule has 80 valence electrons. The van der Waals surface area contributed by atoms with Crippen molar-refractivity contribution in [3.8, 4) is 0 Å². The van der Waals surface area contributed by atoms with Crippen LogP contribution in [0.25, 0.3) is 0 Å². The Kier molecular flexibility index (Phi) is 6.20. The molecule has 0 unspecified atom stereocenters. The Morgan fingerprint density at radius 3 is 3.07 bits per heavy atom. The first-order valence-corrected chi connectivity index (χ1v) is 6.24. The molecule has 0 fully saturated rings. The molecule has 0 bridgehead atoms. The van der Waals surface area contributed by atoms with Crippen LogP contribution >= 0.6 is 15.9 Å². The van der Waals surface area contributed by atoms with Crippen molar-refractivity contribution in [2.45, 2.75) is 32.6 Å². The molecule has 1 aliphatic carbocycles. The molecule has 1 nitrogen and oxygen atoms in total. The maximum atomic E-state index is 5.62. The number of rotatable bonds is 6. The fourth-order valence-corrected chi connectivity index (χ4v) is 2.07. The summed E-state index contributed by atoms with van der Waals surface area (Å²) in [7, 11) is 0. The molecule has 0 aromatic rings. The number of allylic oxidation sites excluding steroid dienone is 3. The second-order valence-corrected chi connectivity index (χ2v) is 4.65. The lowest BCUT2D eigenvalue weighted by Gasteiger charge is -2.14. The van der Waals surface area contributed by atoms with Crippen LogP contribution in [-0.4, -0.2) is 13.2 Å². The molecule has 0 saturated heterocycles. The SMILES string of the molecule is CCCCCOC[C@H]1C=C(Br)C=CC1. The van der Waals surface area contributed by atoms with Gasteiger partial charge in [-0.15, -0.1) is 0 Å². The van der Waals surface area contributed by atoms with E-state index in [-0.39, 0.29) is 0 Å². The minimum absolute atomic E-state index is 0.566. The summed E-state index contributed by atoms with van der Waals surface area (Å²) in [5.41, 5.74) is 0. The first-order chi connectivity index (χ1) is 6.83. The standard InChI is InChI=1S/C12H19BrO/c1-2-3-4-8-14-10-11-6-5-7-12(13)9-11/h5,7,9,11H,2-4,6,8,10H2,1H3/t11-/m1/s1. The topological polar surface area (TPSA) is 9.23 Å². The Labute approximate surface area is 95.3 Å². The van der Waals surface area contributed by atoms with E-state index in [2.05, 4.69) is 41.1 Å². The molecule has 0 amide bonds. The third kappa shape index (κ3) is 4.97. The summed E-state index contributed by atoms with van der Waals surface area (Å²) in [4.78, 5) is 0. The van der Waals surface area contributed by atoms with Crippen molar-refractivity contribution in [1.82, 2.24) is 0 Å². The second-order valence-electron chi connectivity index (χ2n) is 3.73. The van der Waals surface area contributed by atoms with Crippen molar-refractivity contribution in [2.75, 3.05) is 13.2 Å². The number of halogens is 1. The molecule has 1 aliphatic rings. The highest BCUT2D eigenvalue weighted by molar-refractivity contribution is 9.11. The molecule has 0 heterocycles. The van der Waals surface area contributed by atoms with E-state index in [1.165, 1.54) is 23.7 Å². The summed E-state index contributed by atoms with van der Waals surface area (Å²) < 4.78 is 6.81. The highest BCUT2D eigenvalue weighted by Crippen LogP contribution is 2.20. The van der Waals surface area contributed by atoms with Gasteiger partial charge in [0, 0.05) is 17.0 Å². The van der Waals surface area contributed by atoms with Crippen molar-refractivity contribution in [2.24, 2.45) is 5.92 Å². The smallest absolute Gasteiger partial charge is 0.0532 e. The fourth-order valence-electron chi connectivity index (χ4n) is 1.51. The van der Waals surface area contributed by atoms with Crippen LogP contribution < -0.4 is 0 Å². The van der Waals surface area contributed by atoms with Gasteiger partial charge in [-0.3, -0.25) is 0 Å². The molecule has 0 spiro atoms. The summed E-state index contributed by atoms with van der Waals surface area (Å²) in [6.07, 6.45) is 11.4. The number of unbranched alkanes of at least 4 members (excludes halogenated alkanes) is 2. The van der Waals surface area contributed by atoms with Gasteiger partial charge in [-0.2, -0.15) is 0 Å². The Bertz CT molecular complexity index is 208. The van der Waals surface area contributed by atoms with Crippen molar-refractivity contribution in [3.63, 3.8) is 0 Å². The molecule has 1 rings (SSSR count). The van der Waals surface area contributed by atoms with E-state index in [0.717, 1.165) is 19.6 Å². The number of ether oxygens (including phenoxy) is 1. The van der Waals surface area contributed by atoms with Crippen LogP contribution in [0.5, 0.6) is 0 Å². The lowest BCUT2D eigenvalue weighted by Crippen LogP contribution is -2.09. The summed E-state index contributed by atoms with van der Waals surface area (Å²) in [6.45, 7) is 3.99. The number of hydrogen-bond acceptors (Lipinski definition) is 1. The zero-order valence-electron chi connectivity index (χ0n) is 8.84. The normalized spacial score (nSPS) is 21.0. The largest absolute Gasteiger partial charge is 0.381 e. The van der Waals surface area contributed by atoms with Crippen LogP contribution in [0.1, 0.15) is 32.6 Å². The van der Waals surface area contributed by atoms with E-state index >= 15 is 0 Å². The Morgan fingerprint density at radius 2 is 2.36 bits per heavy atom. The molecular formula is C12H19BrO. The van der Waals surface area contributed by atoms with Gasteiger partial charge in [0.2, 0.25) is 0 Å². The molecule has 0 saturated carbocycles. The molecule has 0 N–H and O–H groups in total. The van der Waals surface area contributed by atoms with E-state index < -0.39 is 0 Å². The molecule has 0 radical (unpaired) electrons. The molecule has 1 atom stereocenters. The van der Waals surface area contributed by atoms with Gasteiger partial charge in [-0.05, 0) is 12.8 Å². The molecule has 0 aliphatic heterocycles. The van der Waals surface area contributed by atoms with Crippen molar-refractivity contribution in [1.29, 1.82) is 0 Å². The summed E-state index contributed by atoms with van der Waals surface area (Å²) in [5.74, 6) is 0.566. The lowest BCUT2D eigenvalue weighted by atomic mass is 10.0. The van der Waals surface area contributed by atoms with Crippen LogP contribution in [0.2, 0.25) is 0 Å². The van der Waals surface area contributed by atoms with Crippen LogP contribution in [0.4, 0.5) is 0 Å². The third-order valence-electron chi connectivity index (χ3n) is 2.33. The Hall–Kier alpha value is -0.0800. The average molecular weight is 259 g/mol. The molecule has 0 aromatic carbocycles. The maximum Gasteiger partial charge on any atom is 0.0532 e. The first-order valence-electron chi connectivity index (χ1n) is 5.44. The molecule has 14 heavy (non-hydrogen) atoms. The van der Waals surface area contributed by atoms with Gasteiger partial charge < -0.3 is 4.74 Å². The summed E-state index contributed by atoms with van der Waals surface area (Å²) in [5, 5.41) is 0. The summed E-state index contributed by atoms with van der Waals surface area (Å²) >= 11 is 3.48.